The SMILES string of the molecule is CCOc1nc2ccccc2c([N+](=O)[O-])c1N1CCOCC1. The highest BCUT2D eigenvalue weighted by atomic mass is 16.6. The zero-order valence-corrected chi connectivity index (χ0v) is 12.3. The van der Waals surface area contributed by atoms with Gasteiger partial charge in [-0.15, -0.1) is 0 Å². The van der Waals surface area contributed by atoms with Crippen LogP contribution in [0.3, 0.4) is 0 Å². The Kier molecular flexibility index (Phi) is 4.06. The first-order chi connectivity index (χ1) is 10.7. The van der Waals surface area contributed by atoms with Crippen molar-refractivity contribution in [2.75, 3.05) is 37.8 Å². The Balaban J connectivity index is 2.26. The second-order valence-electron chi connectivity index (χ2n) is 4.92. The topological polar surface area (TPSA) is 77.7 Å². The number of aromatic nitrogens is 1. The van der Waals surface area contributed by atoms with E-state index >= 15 is 0 Å². The predicted octanol–water partition coefficient (Wildman–Crippen LogP) is 2.38. The maximum atomic E-state index is 11.7. The van der Waals surface area contributed by atoms with Crippen LogP contribution < -0.4 is 9.64 Å². The third-order valence-corrected chi connectivity index (χ3v) is 3.60. The van der Waals surface area contributed by atoms with Crippen LogP contribution in [-0.4, -0.2) is 42.8 Å². The summed E-state index contributed by atoms with van der Waals surface area (Å²) in [6, 6.07) is 7.07. The van der Waals surface area contributed by atoms with Crippen LogP contribution >= 0.6 is 0 Å². The molecule has 1 aromatic heterocycles. The number of morpholine rings is 1. The van der Waals surface area contributed by atoms with Crippen LogP contribution in [0.4, 0.5) is 11.4 Å². The molecule has 1 aromatic carbocycles. The summed E-state index contributed by atoms with van der Waals surface area (Å²) in [5, 5.41) is 12.2. The summed E-state index contributed by atoms with van der Waals surface area (Å²) in [6.07, 6.45) is 0. The van der Waals surface area contributed by atoms with Gasteiger partial charge in [0, 0.05) is 13.1 Å². The summed E-state index contributed by atoms with van der Waals surface area (Å²) >= 11 is 0. The van der Waals surface area contributed by atoms with Crippen molar-refractivity contribution in [3.8, 4) is 5.88 Å². The molecular formula is C15H17N3O4. The van der Waals surface area contributed by atoms with E-state index < -0.39 is 0 Å². The molecule has 3 rings (SSSR count). The van der Waals surface area contributed by atoms with Crippen LogP contribution in [0, 0.1) is 10.1 Å². The molecule has 1 aliphatic rings. The van der Waals surface area contributed by atoms with Gasteiger partial charge in [-0.1, -0.05) is 12.1 Å². The molecule has 0 saturated carbocycles. The molecule has 22 heavy (non-hydrogen) atoms. The Labute approximate surface area is 127 Å². The van der Waals surface area contributed by atoms with E-state index in [-0.39, 0.29) is 10.6 Å². The third kappa shape index (κ3) is 2.55. The lowest BCUT2D eigenvalue weighted by Crippen LogP contribution is -2.37. The molecule has 1 saturated heterocycles. The minimum atomic E-state index is -0.350. The average molecular weight is 303 g/mol. The van der Waals surface area contributed by atoms with Gasteiger partial charge in [-0.3, -0.25) is 10.1 Å². The van der Waals surface area contributed by atoms with Gasteiger partial charge >= 0.3 is 5.69 Å². The highest BCUT2D eigenvalue weighted by Crippen LogP contribution is 2.41. The molecule has 1 aliphatic heterocycles. The van der Waals surface area contributed by atoms with Crippen molar-refractivity contribution in [2.45, 2.75) is 6.92 Å². The van der Waals surface area contributed by atoms with Crippen LogP contribution in [0.25, 0.3) is 10.9 Å². The number of anilines is 1. The quantitative estimate of drug-likeness (QED) is 0.637. The summed E-state index contributed by atoms with van der Waals surface area (Å²) in [5.41, 5.74) is 1.07. The molecule has 0 amide bonds. The Morgan fingerprint density at radius 1 is 1.36 bits per heavy atom. The Bertz CT molecular complexity index is 698. The number of benzene rings is 1. The number of pyridine rings is 1. The van der Waals surface area contributed by atoms with Crippen LogP contribution in [0.15, 0.2) is 24.3 Å². The van der Waals surface area contributed by atoms with Crippen molar-refractivity contribution in [1.82, 2.24) is 4.98 Å². The number of para-hydroxylation sites is 1. The largest absolute Gasteiger partial charge is 0.476 e. The molecule has 7 heteroatoms. The maximum absolute atomic E-state index is 11.7. The van der Waals surface area contributed by atoms with Gasteiger partial charge in [0.25, 0.3) is 0 Å². The van der Waals surface area contributed by atoms with Crippen molar-refractivity contribution in [3.63, 3.8) is 0 Å². The van der Waals surface area contributed by atoms with Crippen molar-refractivity contribution in [3.05, 3.63) is 34.4 Å². The molecule has 0 bridgehead atoms. The predicted molar refractivity (Wildman–Crippen MR) is 82.6 cm³/mol. The number of nitro groups is 1. The first kappa shape index (κ1) is 14.5. The van der Waals surface area contributed by atoms with E-state index in [1.807, 2.05) is 17.9 Å². The number of fused-ring (bicyclic) bond motifs is 1. The van der Waals surface area contributed by atoms with Gasteiger partial charge < -0.3 is 14.4 Å². The third-order valence-electron chi connectivity index (χ3n) is 3.60. The Hall–Kier alpha value is -2.41. The Morgan fingerprint density at radius 2 is 2.09 bits per heavy atom. The van der Waals surface area contributed by atoms with E-state index in [2.05, 4.69) is 4.98 Å². The lowest BCUT2D eigenvalue weighted by atomic mass is 10.1. The molecule has 0 radical (unpaired) electrons. The first-order valence-corrected chi connectivity index (χ1v) is 7.25. The molecule has 0 unspecified atom stereocenters. The first-order valence-electron chi connectivity index (χ1n) is 7.25. The van der Waals surface area contributed by atoms with Crippen molar-refractivity contribution in [2.24, 2.45) is 0 Å². The second kappa shape index (κ2) is 6.15. The second-order valence-corrected chi connectivity index (χ2v) is 4.92. The van der Waals surface area contributed by atoms with Crippen LogP contribution in [0.2, 0.25) is 0 Å². The minimum absolute atomic E-state index is 0.0518. The number of rotatable bonds is 4. The zero-order chi connectivity index (χ0) is 15.5. The summed E-state index contributed by atoms with van der Waals surface area (Å²) in [5.74, 6) is 0.315. The van der Waals surface area contributed by atoms with Gasteiger partial charge in [0.15, 0.2) is 5.69 Å². The van der Waals surface area contributed by atoms with Crippen molar-refractivity contribution < 1.29 is 14.4 Å². The maximum Gasteiger partial charge on any atom is 0.307 e. The smallest absolute Gasteiger partial charge is 0.307 e. The van der Waals surface area contributed by atoms with E-state index in [1.165, 1.54) is 0 Å². The van der Waals surface area contributed by atoms with Crippen LogP contribution in [0.1, 0.15) is 6.92 Å². The highest BCUT2D eigenvalue weighted by Gasteiger charge is 2.30. The summed E-state index contributed by atoms with van der Waals surface area (Å²) in [7, 11) is 0. The average Bonchev–Trinajstić information content (AvgIpc) is 2.54. The van der Waals surface area contributed by atoms with E-state index in [0.717, 1.165) is 0 Å². The number of hydrogen-bond donors (Lipinski definition) is 0. The van der Waals surface area contributed by atoms with Crippen LogP contribution in [-0.2, 0) is 4.74 Å². The molecule has 0 N–H and O–H groups in total. The fourth-order valence-electron chi connectivity index (χ4n) is 2.66. The van der Waals surface area contributed by atoms with Gasteiger partial charge in [0.2, 0.25) is 5.88 Å². The molecule has 0 atom stereocenters. The molecule has 2 aromatic rings. The fourth-order valence-corrected chi connectivity index (χ4v) is 2.66. The monoisotopic (exact) mass is 303 g/mol. The molecule has 1 fully saturated rings. The van der Waals surface area contributed by atoms with E-state index in [1.54, 1.807) is 18.2 Å². The normalized spacial score (nSPS) is 15.0. The minimum Gasteiger partial charge on any atom is -0.476 e. The van der Waals surface area contributed by atoms with Gasteiger partial charge in [0.05, 0.1) is 35.6 Å². The summed E-state index contributed by atoms with van der Waals surface area (Å²) in [4.78, 5) is 17.7. The summed E-state index contributed by atoms with van der Waals surface area (Å²) < 4.78 is 10.9. The molecular weight excluding hydrogens is 286 g/mol. The van der Waals surface area contributed by atoms with Gasteiger partial charge in [-0.25, -0.2) is 4.98 Å². The van der Waals surface area contributed by atoms with E-state index in [4.69, 9.17) is 9.47 Å². The number of ether oxygens (including phenoxy) is 2. The van der Waals surface area contributed by atoms with E-state index in [0.29, 0.717) is 55.4 Å². The van der Waals surface area contributed by atoms with Crippen molar-refractivity contribution >= 4 is 22.3 Å². The highest BCUT2D eigenvalue weighted by molar-refractivity contribution is 5.96. The molecule has 2 heterocycles. The van der Waals surface area contributed by atoms with Gasteiger partial charge in [-0.2, -0.15) is 0 Å². The van der Waals surface area contributed by atoms with Gasteiger partial charge in [-0.05, 0) is 19.1 Å². The van der Waals surface area contributed by atoms with Crippen molar-refractivity contribution in [1.29, 1.82) is 0 Å². The van der Waals surface area contributed by atoms with Gasteiger partial charge in [0.1, 0.15) is 0 Å². The molecule has 7 nitrogen and oxygen atoms in total. The van der Waals surface area contributed by atoms with Crippen LogP contribution in [0.5, 0.6) is 5.88 Å². The lowest BCUT2D eigenvalue weighted by molar-refractivity contribution is -0.382. The molecule has 0 spiro atoms. The lowest BCUT2D eigenvalue weighted by Gasteiger charge is -2.29. The Morgan fingerprint density at radius 3 is 2.77 bits per heavy atom. The molecule has 116 valence electrons. The number of hydrogen-bond acceptors (Lipinski definition) is 6. The zero-order valence-electron chi connectivity index (χ0n) is 12.3. The standard InChI is InChI=1S/C15H17N3O4/c1-2-22-15-14(17-7-9-21-10-8-17)13(18(19)20)11-5-3-4-6-12(11)16-15/h3-6H,2,7-10H2,1H3. The van der Waals surface area contributed by atoms with E-state index in [9.17, 15) is 10.1 Å². The molecule has 0 aliphatic carbocycles. The summed E-state index contributed by atoms with van der Waals surface area (Å²) in [6.45, 7) is 4.48. The fraction of sp³-hybridized carbons (Fsp3) is 0.400. The number of nitrogens with zero attached hydrogens (tertiary/aromatic N) is 3.